The van der Waals surface area contributed by atoms with Crippen LogP contribution in [0.25, 0.3) is 0 Å². The van der Waals surface area contributed by atoms with Gasteiger partial charge in [0, 0.05) is 6.61 Å². The van der Waals surface area contributed by atoms with Crippen LogP contribution in [0.3, 0.4) is 0 Å². The fourth-order valence-corrected chi connectivity index (χ4v) is 2.42. The lowest BCUT2D eigenvalue weighted by Crippen LogP contribution is -2.29. The highest BCUT2D eigenvalue weighted by Crippen LogP contribution is 2.14. The van der Waals surface area contributed by atoms with Crippen LogP contribution >= 0.6 is 12.6 Å². The van der Waals surface area contributed by atoms with Crippen LogP contribution in [0, 0.1) is 0 Å². The number of ether oxygens (including phenoxy) is 2. The smallest absolute Gasteiger partial charge is 0.319 e. The van der Waals surface area contributed by atoms with Gasteiger partial charge < -0.3 is 9.47 Å². The van der Waals surface area contributed by atoms with Crippen molar-refractivity contribution < 1.29 is 14.3 Å². The molecule has 0 radical (unpaired) electrons. The topological polar surface area (TPSA) is 35.5 Å². The van der Waals surface area contributed by atoms with Gasteiger partial charge in [-0.25, -0.2) is 0 Å². The molecule has 104 valence electrons. The lowest BCUT2D eigenvalue weighted by molar-refractivity contribution is -0.148. The summed E-state index contributed by atoms with van der Waals surface area (Å²) in [6, 6.07) is 9.84. The van der Waals surface area contributed by atoms with Crippen molar-refractivity contribution in [1.82, 2.24) is 0 Å². The van der Waals surface area contributed by atoms with Gasteiger partial charge in [-0.2, -0.15) is 12.6 Å². The molecule has 0 N–H and O–H groups in total. The molecule has 0 saturated carbocycles. The number of thiol groups is 1. The summed E-state index contributed by atoms with van der Waals surface area (Å²) < 4.78 is 10.8. The van der Waals surface area contributed by atoms with Gasteiger partial charge in [-0.1, -0.05) is 30.3 Å². The minimum atomic E-state index is -0.411. The quantitative estimate of drug-likeness (QED) is 0.665. The van der Waals surface area contributed by atoms with Crippen LogP contribution in [0.5, 0.6) is 0 Å². The zero-order chi connectivity index (χ0) is 13.5. The van der Waals surface area contributed by atoms with Crippen molar-refractivity contribution in [2.75, 3.05) is 13.2 Å². The number of hydrogen-bond acceptors (Lipinski definition) is 4. The third kappa shape index (κ3) is 4.88. The van der Waals surface area contributed by atoms with E-state index >= 15 is 0 Å². The van der Waals surface area contributed by atoms with Crippen LogP contribution < -0.4 is 0 Å². The summed E-state index contributed by atoms with van der Waals surface area (Å²) in [6.07, 6.45) is 3.89. The fraction of sp³-hybridized carbons (Fsp3) is 0.533. The van der Waals surface area contributed by atoms with Crippen LogP contribution in [-0.2, 0) is 20.7 Å². The summed E-state index contributed by atoms with van der Waals surface area (Å²) in [6.45, 7) is 1.13. The average molecular weight is 280 g/mol. The molecule has 1 fully saturated rings. The Balaban J connectivity index is 1.73. The second-order valence-corrected chi connectivity index (χ2v) is 5.45. The van der Waals surface area contributed by atoms with Gasteiger partial charge in [0.2, 0.25) is 0 Å². The van der Waals surface area contributed by atoms with Crippen molar-refractivity contribution >= 4 is 18.6 Å². The molecule has 3 nitrogen and oxygen atoms in total. The molecule has 0 amide bonds. The lowest BCUT2D eigenvalue weighted by Gasteiger charge is -2.22. The van der Waals surface area contributed by atoms with E-state index in [2.05, 4.69) is 12.6 Å². The molecule has 1 heterocycles. The average Bonchev–Trinajstić information content (AvgIpc) is 2.47. The molecule has 0 spiro atoms. The number of hydrogen-bond donors (Lipinski definition) is 1. The van der Waals surface area contributed by atoms with Crippen molar-refractivity contribution in [3.05, 3.63) is 35.9 Å². The molecule has 2 rings (SSSR count). The Labute approximate surface area is 119 Å². The summed E-state index contributed by atoms with van der Waals surface area (Å²) in [5, 5.41) is -0.411. The molecule has 0 aromatic heterocycles. The Morgan fingerprint density at radius 1 is 1.37 bits per heavy atom. The van der Waals surface area contributed by atoms with Crippen LogP contribution in [-0.4, -0.2) is 30.5 Å². The fourth-order valence-electron chi connectivity index (χ4n) is 2.13. The Bertz CT molecular complexity index is 388. The second-order valence-electron chi connectivity index (χ2n) is 4.82. The highest BCUT2D eigenvalue weighted by Gasteiger charge is 2.20. The molecule has 1 saturated heterocycles. The molecule has 19 heavy (non-hydrogen) atoms. The first-order valence-corrected chi connectivity index (χ1v) is 7.27. The van der Waals surface area contributed by atoms with Gasteiger partial charge >= 0.3 is 5.97 Å². The summed E-state index contributed by atoms with van der Waals surface area (Å²) >= 11 is 4.32. The first-order valence-electron chi connectivity index (χ1n) is 6.76. The summed E-state index contributed by atoms with van der Waals surface area (Å²) in [7, 11) is 0. The van der Waals surface area contributed by atoms with Crippen LogP contribution in [0.1, 0.15) is 24.8 Å². The van der Waals surface area contributed by atoms with E-state index in [1.54, 1.807) is 0 Å². The third-order valence-corrected chi connectivity index (χ3v) is 3.62. The molecule has 1 aromatic carbocycles. The zero-order valence-corrected chi connectivity index (χ0v) is 11.9. The highest BCUT2D eigenvalue weighted by molar-refractivity contribution is 7.81. The van der Waals surface area contributed by atoms with Gasteiger partial charge in [-0.05, 0) is 31.2 Å². The van der Waals surface area contributed by atoms with Gasteiger partial charge in [0.15, 0.2) is 0 Å². The van der Waals surface area contributed by atoms with E-state index in [0.29, 0.717) is 13.0 Å². The van der Waals surface area contributed by atoms with Gasteiger partial charge in [-0.3, -0.25) is 4.79 Å². The lowest BCUT2D eigenvalue weighted by atomic mass is 10.1. The predicted octanol–water partition coefficient (Wildman–Crippen LogP) is 2.64. The molecular weight excluding hydrogens is 260 g/mol. The van der Waals surface area contributed by atoms with E-state index < -0.39 is 5.25 Å². The highest BCUT2D eigenvalue weighted by atomic mass is 32.1. The normalized spacial score (nSPS) is 20.8. The Kier molecular flexibility index (Phi) is 5.73. The van der Waals surface area contributed by atoms with E-state index in [1.165, 1.54) is 0 Å². The predicted molar refractivity (Wildman–Crippen MR) is 77.5 cm³/mol. The molecule has 0 bridgehead atoms. The van der Waals surface area contributed by atoms with Crippen LogP contribution in [0.15, 0.2) is 30.3 Å². The minimum Gasteiger partial charge on any atom is -0.462 e. The van der Waals surface area contributed by atoms with E-state index in [0.717, 1.165) is 31.4 Å². The van der Waals surface area contributed by atoms with Crippen molar-refractivity contribution in [3.63, 3.8) is 0 Å². The molecule has 1 aliphatic heterocycles. The van der Waals surface area contributed by atoms with Crippen molar-refractivity contribution in [2.45, 2.75) is 37.0 Å². The SMILES string of the molecule is O=C(OCC1CCCCO1)C(S)Cc1ccccc1. The third-order valence-electron chi connectivity index (χ3n) is 3.23. The summed E-state index contributed by atoms with van der Waals surface area (Å²) in [5.41, 5.74) is 1.09. The van der Waals surface area contributed by atoms with Gasteiger partial charge in [0.25, 0.3) is 0 Å². The molecule has 4 heteroatoms. The second kappa shape index (κ2) is 7.56. The maximum atomic E-state index is 11.8. The summed E-state index contributed by atoms with van der Waals surface area (Å²) in [5.74, 6) is -0.263. The minimum absolute atomic E-state index is 0.0648. The van der Waals surface area contributed by atoms with E-state index in [-0.39, 0.29) is 12.1 Å². The maximum Gasteiger partial charge on any atom is 0.319 e. The van der Waals surface area contributed by atoms with Crippen LogP contribution in [0.2, 0.25) is 0 Å². The van der Waals surface area contributed by atoms with Gasteiger partial charge in [0.05, 0.1) is 6.10 Å². The van der Waals surface area contributed by atoms with Crippen LogP contribution in [0.4, 0.5) is 0 Å². The number of carbonyl (C=O) groups is 1. The first-order chi connectivity index (χ1) is 9.25. The molecule has 0 aliphatic carbocycles. The Hall–Kier alpha value is -1.00. The van der Waals surface area contributed by atoms with Crippen molar-refractivity contribution in [1.29, 1.82) is 0 Å². The number of carbonyl (C=O) groups excluding carboxylic acids is 1. The van der Waals surface area contributed by atoms with E-state index in [4.69, 9.17) is 9.47 Å². The van der Waals surface area contributed by atoms with Crippen molar-refractivity contribution in [2.24, 2.45) is 0 Å². The largest absolute Gasteiger partial charge is 0.462 e. The maximum absolute atomic E-state index is 11.8. The zero-order valence-electron chi connectivity index (χ0n) is 11.0. The molecular formula is C15H20O3S. The molecule has 2 unspecified atom stereocenters. The standard InChI is InChI=1S/C15H20O3S/c16-15(18-11-13-8-4-5-9-17-13)14(19)10-12-6-2-1-3-7-12/h1-3,6-7,13-14,19H,4-5,8-11H2. The van der Waals surface area contributed by atoms with E-state index in [9.17, 15) is 4.79 Å². The number of benzene rings is 1. The first kappa shape index (κ1) is 14.4. The monoisotopic (exact) mass is 280 g/mol. The molecule has 1 aliphatic rings. The Morgan fingerprint density at radius 2 is 2.16 bits per heavy atom. The van der Waals surface area contributed by atoms with E-state index in [1.807, 2.05) is 30.3 Å². The molecule has 1 aromatic rings. The summed E-state index contributed by atoms with van der Waals surface area (Å²) in [4.78, 5) is 11.8. The van der Waals surface area contributed by atoms with Crippen molar-refractivity contribution in [3.8, 4) is 0 Å². The number of esters is 1. The van der Waals surface area contributed by atoms with Gasteiger partial charge in [-0.15, -0.1) is 0 Å². The molecule has 2 atom stereocenters. The van der Waals surface area contributed by atoms with Gasteiger partial charge in [0.1, 0.15) is 11.9 Å². The number of rotatable bonds is 5. The Morgan fingerprint density at radius 3 is 2.84 bits per heavy atom.